The Morgan fingerprint density at radius 3 is 2.36 bits per heavy atom. The number of carbonyl (C=O) groups excluding carboxylic acids is 2. The molecule has 1 amide bonds. The van der Waals surface area contributed by atoms with Crippen molar-refractivity contribution >= 4 is 11.9 Å². The molecule has 0 saturated heterocycles. The average Bonchev–Trinajstić information content (AvgIpc) is 2.59. The third-order valence-electron chi connectivity index (χ3n) is 4.44. The van der Waals surface area contributed by atoms with E-state index in [1.165, 1.54) is 0 Å². The summed E-state index contributed by atoms with van der Waals surface area (Å²) >= 11 is 0. The highest BCUT2D eigenvalue weighted by molar-refractivity contribution is 5.85. The van der Waals surface area contributed by atoms with E-state index < -0.39 is 30.6 Å². The molecule has 0 radical (unpaired) electrons. The summed E-state index contributed by atoms with van der Waals surface area (Å²) in [5, 5.41) is 2.85. The van der Waals surface area contributed by atoms with Crippen molar-refractivity contribution in [1.82, 2.24) is 5.32 Å². The standard InChI is InChI=1S/C18H22F3NO3/c1-12(13-7-3-2-4-8-13)22-16(23)14-9-5-6-10-15(14)17(24)25-11-18(19,20)21/h2-4,7-8,12,14-15H,5-6,9-11H2,1H3,(H,22,23)/t12-,14+,15+/m1/s1. The van der Waals surface area contributed by atoms with E-state index in [9.17, 15) is 22.8 Å². The van der Waals surface area contributed by atoms with Crippen LogP contribution in [0.15, 0.2) is 30.3 Å². The minimum Gasteiger partial charge on any atom is -0.456 e. The van der Waals surface area contributed by atoms with E-state index in [-0.39, 0.29) is 11.9 Å². The summed E-state index contributed by atoms with van der Waals surface area (Å²) in [6.07, 6.45) is -2.26. The molecule has 0 aromatic heterocycles. The second kappa shape index (κ2) is 8.36. The lowest BCUT2D eigenvalue weighted by atomic mass is 9.78. The van der Waals surface area contributed by atoms with Crippen molar-refractivity contribution in [1.29, 1.82) is 0 Å². The van der Waals surface area contributed by atoms with Crippen LogP contribution >= 0.6 is 0 Å². The van der Waals surface area contributed by atoms with E-state index >= 15 is 0 Å². The van der Waals surface area contributed by atoms with Crippen molar-refractivity contribution < 1.29 is 27.5 Å². The zero-order valence-corrected chi connectivity index (χ0v) is 14.0. The van der Waals surface area contributed by atoms with Gasteiger partial charge >= 0.3 is 12.1 Å². The smallest absolute Gasteiger partial charge is 0.422 e. The predicted octanol–water partition coefficient (Wildman–Crippen LogP) is 3.78. The number of hydrogen-bond acceptors (Lipinski definition) is 3. The van der Waals surface area contributed by atoms with Crippen molar-refractivity contribution in [2.75, 3.05) is 6.61 Å². The molecular formula is C18H22F3NO3. The Hall–Kier alpha value is -2.05. The van der Waals surface area contributed by atoms with Gasteiger partial charge in [0.05, 0.1) is 17.9 Å². The van der Waals surface area contributed by atoms with Gasteiger partial charge in [0.2, 0.25) is 5.91 Å². The maximum Gasteiger partial charge on any atom is 0.422 e. The number of nitrogens with one attached hydrogen (secondary N) is 1. The molecular weight excluding hydrogens is 335 g/mol. The fourth-order valence-electron chi connectivity index (χ4n) is 3.13. The third-order valence-corrected chi connectivity index (χ3v) is 4.44. The highest BCUT2D eigenvalue weighted by Crippen LogP contribution is 2.32. The average molecular weight is 357 g/mol. The topological polar surface area (TPSA) is 55.4 Å². The highest BCUT2D eigenvalue weighted by Gasteiger charge is 2.39. The van der Waals surface area contributed by atoms with Crippen LogP contribution < -0.4 is 5.32 Å². The number of halogens is 3. The van der Waals surface area contributed by atoms with Crippen LogP contribution in [-0.2, 0) is 14.3 Å². The summed E-state index contributed by atoms with van der Waals surface area (Å²) in [6.45, 7) is 0.212. The minimum absolute atomic E-state index is 0.248. The largest absolute Gasteiger partial charge is 0.456 e. The second-order valence-electron chi connectivity index (χ2n) is 6.36. The summed E-state index contributed by atoms with van der Waals surface area (Å²) < 4.78 is 41.1. The molecule has 1 aromatic rings. The summed E-state index contributed by atoms with van der Waals surface area (Å²) in [7, 11) is 0. The number of amides is 1. The molecule has 1 fully saturated rings. The van der Waals surface area contributed by atoms with Gasteiger partial charge < -0.3 is 10.1 Å². The van der Waals surface area contributed by atoms with Crippen LogP contribution in [0, 0.1) is 11.8 Å². The second-order valence-corrected chi connectivity index (χ2v) is 6.36. The van der Waals surface area contributed by atoms with E-state index in [4.69, 9.17) is 0 Å². The fourth-order valence-corrected chi connectivity index (χ4v) is 3.13. The Kier molecular flexibility index (Phi) is 6.45. The first kappa shape index (κ1) is 19.3. The number of ether oxygens (including phenoxy) is 1. The van der Waals surface area contributed by atoms with Crippen LogP contribution in [0.25, 0.3) is 0 Å². The quantitative estimate of drug-likeness (QED) is 0.816. The number of rotatable bonds is 5. The van der Waals surface area contributed by atoms with Gasteiger partial charge in [-0.05, 0) is 25.3 Å². The van der Waals surface area contributed by atoms with Crippen LogP contribution in [0.3, 0.4) is 0 Å². The Morgan fingerprint density at radius 1 is 1.16 bits per heavy atom. The number of esters is 1. The third kappa shape index (κ3) is 5.76. The molecule has 3 atom stereocenters. The Balaban J connectivity index is 1.99. The van der Waals surface area contributed by atoms with E-state index in [0.29, 0.717) is 19.3 Å². The van der Waals surface area contributed by atoms with Crippen LogP contribution in [-0.4, -0.2) is 24.7 Å². The van der Waals surface area contributed by atoms with E-state index in [1.54, 1.807) is 0 Å². The molecule has 1 saturated carbocycles. The van der Waals surface area contributed by atoms with Gasteiger partial charge in [0.1, 0.15) is 0 Å². The number of hydrogen-bond donors (Lipinski definition) is 1. The molecule has 138 valence electrons. The Bertz CT molecular complexity index is 589. The van der Waals surface area contributed by atoms with Gasteiger partial charge in [0, 0.05) is 0 Å². The van der Waals surface area contributed by atoms with Gasteiger partial charge in [-0.25, -0.2) is 0 Å². The molecule has 0 bridgehead atoms. The number of carbonyl (C=O) groups is 2. The lowest BCUT2D eigenvalue weighted by Crippen LogP contribution is -2.41. The van der Waals surface area contributed by atoms with Gasteiger partial charge in [0.15, 0.2) is 6.61 Å². The van der Waals surface area contributed by atoms with Crippen molar-refractivity contribution in [2.24, 2.45) is 11.8 Å². The van der Waals surface area contributed by atoms with Crippen molar-refractivity contribution in [3.05, 3.63) is 35.9 Å². The Labute approximate surface area is 144 Å². The maximum atomic E-state index is 12.6. The molecule has 0 heterocycles. The molecule has 25 heavy (non-hydrogen) atoms. The van der Waals surface area contributed by atoms with Crippen LogP contribution in [0.4, 0.5) is 13.2 Å². The summed E-state index contributed by atoms with van der Waals surface area (Å²) in [4.78, 5) is 24.6. The molecule has 2 rings (SSSR count). The highest BCUT2D eigenvalue weighted by atomic mass is 19.4. The monoisotopic (exact) mass is 357 g/mol. The molecule has 0 spiro atoms. The fraction of sp³-hybridized carbons (Fsp3) is 0.556. The molecule has 7 heteroatoms. The number of alkyl halides is 3. The predicted molar refractivity (Wildman–Crippen MR) is 85.5 cm³/mol. The maximum absolute atomic E-state index is 12.6. The molecule has 1 aliphatic carbocycles. The first-order valence-electron chi connectivity index (χ1n) is 8.36. The van der Waals surface area contributed by atoms with Crippen molar-refractivity contribution in [2.45, 2.75) is 44.8 Å². The van der Waals surface area contributed by atoms with Gasteiger partial charge in [0.25, 0.3) is 0 Å². The van der Waals surface area contributed by atoms with Gasteiger partial charge in [-0.15, -0.1) is 0 Å². The van der Waals surface area contributed by atoms with Crippen molar-refractivity contribution in [3.63, 3.8) is 0 Å². The van der Waals surface area contributed by atoms with E-state index in [0.717, 1.165) is 12.0 Å². The lowest BCUT2D eigenvalue weighted by molar-refractivity contribution is -0.191. The van der Waals surface area contributed by atoms with E-state index in [2.05, 4.69) is 10.1 Å². The SMILES string of the molecule is C[C@@H](NC(=O)[C@H]1CCCC[C@@H]1C(=O)OCC(F)(F)F)c1ccccc1. The number of benzene rings is 1. The van der Waals surface area contributed by atoms with Crippen LogP contribution in [0.5, 0.6) is 0 Å². The van der Waals surface area contributed by atoms with Gasteiger partial charge in [-0.2, -0.15) is 13.2 Å². The molecule has 1 aromatic carbocycles. The first-order chi connectivity index (χ1) is 11.8. The zero-order chi connectivity index (χ0) is 18.4. The van der Waals surface area contributed by atoms with E-state index in [1.807, 2.05) is 37.3 Å². The molecule has 0 unspecified atom stereocenters. The zero-order valence-electron chi connectivity index (χ0n) is 14.0. The van der Waals surface area contributed by atoms with Crippen LogP contribution in [0.2, 0.25) is 0 Å². The minimum atomic E-state index is -4.57. The van der Waals surface area contributed by atoms with Gasteiger partial charge in [-0.3, -0.25) is 9.59 Å². The summed E-state index contributed by atoms with van der Waals surface area (Å²) in [5.41, 5.74) is 0.919. The summed E-state index contributed by atoms with van der Waals surface area (Å²) in [6, 6.07) is 9.09. The normalized spacial score (nSPS) is 22.1. The lowest BCUT2D eigenvalue weighted by Gasteiger charge is -2.30. The molecule has 1 aliphatic rings. The van der Waals surface area contributed by atoms with Crippen LogP contribution in [0.1, 0.15) is 44.2 Å². The van der Waals surface area contributed by atoms with Crippen molar-refractivity contribution in [3.8, 4) is 0 Å². The molecule has 0 aliphatic heterocycles. The molecule has 1 N–H and O–H groups in total. The van der Waals surface area contributed by atoms with Gasteiger partial charge in [-0.1, -0.05) is 43.2 Å². The Morgan fingerprint density at radius 2 is 1.76 bits per heavy atom. The first-order valence-corrected chi connectivity index (χ1v) is 8.36. The summed E-state index contributed by atoms with van der Waals surface area (Å²) in [5.74, 6) is -2.73. The molecule has 4 nitrogen and oxygen atoms in total.